The van der Waals surface area contributed by atoms with Gasteiger partial charge in [-0.05, 0) is 55.0 Å². The van der Waals surface area contributed by atoms with Gasteiger partial charge >= 0.3 is 11.8 Å². The molecule has 0 heterocycles. The van der Waals surface area contributed by atoms with Crippen LogP contribution in [0.15, 0.2) is 78.9 Å². The van der Waals surface area contributed by atoms with Gasteiger partial charge in [0.15, 0.2) is 0 Å². The fraction of sp³-hybridized carbons (Fsp3) is 0.0476. The zero-order valence-corrected chi connectivity index (χ0v) is 14.3. The minimum Gasteiger partial charge on any atom is -0.356 e. The Morgan fingerprint density at radius 2 is 1.15 bits per heavy atom. The molecule has 5 heteroatoms. The SMILES string of the molecule is Cc1ccccc1NC(=O)C(=O)Nc1ccc(Nc2ccccc2)cc1. The van der Waals surface area contributed by atoms with Crippen LogP contribution in [0.25, 0.3) is 0 Å². The third kappa shape index (κ3) is 4.48. The molecule has 0 unspecified atom stereocenters. The molecule has 3 aromatic carbocycles. The Kier molecular flexibility index (Phi) is 5.29. The van der Waals surface area contributed by atoms with Crippen molar-refractivity contribution in [3.63, 3.8) is 0 Å². The molecule has 3 rings (SSSR count). The molecule has 0 fully saturated rings. The van der Waals surface area contributed by atoms with Crippen LogP contribution in [0.3, 0.4) is 0 Å². The summed E-state index contributed by atoms with van der Waals surface area (Å²) in [5.41, 5.74) is 3.93. The monoisotopic (exact) mass is 345 g/mol. The molecule has 130 valence electrons. The molecule has 0 bridgehead atoms. The van der Waals surface area contributed by atoms with Gasteiger partial charge in [-0.15, -0.1) is 0 Å². The molecular formula is C21H19N3O2. The van der Waals surface area contributed by atoms with Crippen molar-refractivity contribution < 1.29 is 9.59 Å². The number of hydrogen-bond acceptors (Lipinski definition) is 3. The Morgan fingerprint density at radius 1 is 0.615 bits per heavy atom. The molecule has 2 amide bonds. The molecule has 0 saturated carbocycles. The molecule has 0 radical (unpaired) electrons. The molecule has 3 aromatic rings. The van der Waals surface area contributed by atoms with E-state index in [1.807, 2.05) is 61.5 Å². The van der Waals surface area contributed by atoms with E-state index in [4.69, 9.17) is 0 Å². The van der Waals surface area contributed by atoms with Crippen molar-refractivity contribution in [3.05, 3.63) is 84.4 Å². The fourth-order valence-electron chi connectivity index (χ4n) is 2.41. The predicted molar refractivity (Wildman–Crippen MR) is 105 cm³/mol. The lowest BCUT2D eigenvalue weighted by Gasteiger charge is -2.10. The quantitative estimate of drug-likeness (QED) is 0.617. The van der Waals surface area contributed by atoms with Crippen LogP contribution in [0.2, 0.25) is 0 Å². The van der Waals surface area contributed by atoms with Crippen LogP contribution >= 0.6 is 0 Å². The van der Waals surface area contributed by atoms with Crippen molar-refractivity contribution in [2.24, 2.45) is 0 Å². The number of para-hydroxylation sites is 2. The van der Waals surface area contributed by atoms with E-state index in [2.05, 4.69) is 16.0 Å². The lowest BCUT2D eigenvalue weighted by Crippen LogP contribution is -2.29. The van der Waals surface area contributed by atoms with Crippen molar-refractivity contribution in [2.45, 2.75) is 6.92 Å². The first kappa shape index (κ1) is 17.2. The standard InChI is InChI=1S/C21H19N3O2/c1-15-7-5-6-10-19(15)24-21(26)20(25)23-18-13-11-17(12-14-18)22-16-8-3-2-4-9-16/h2-14,22H,1H3,(H,23,25)(H,24,26). The molecule has 0 aromatic heterocycles. The first-order valence-electron chi connectivity index (χ1n) is 8.22. The van der Waals surface area contributed by atoms with Crippen LogP contribution in [-0.2, 0) is 9.59 Å². The van der Waals surface area contributed by atoms with Crippen molar-refractivity contribution in [2.75, 3.05) is 16.0 Å². The zero-order valence-electron chi connectivity index (χ0n) is 14.3. The summed E-state index contributed by atoms with van der Waals surface area (Å²) in [5.74, 6) is -1.41. The topological polar surface area (TPSA) is 70.2 Å². The first-order chi connectivity index (χ1) is 12.6. The lowest BCUT2D eigenvalue weighted by molar-refractivity contribution is -0.133. The maximum atomic E-state index is 12.1. The molecule has 0 spiro atoms. The molecule has 0 saturated heterocycles. The average Bonchev–Trinajstić information content (AvgIpc) is 2.66. The minimum atomic E-state index is -0.711. The van der Waals surface area contributed by atoms with E-state index in [9.17, 15) is 9.59 Å². The smallest absolute Gasteiger partial charge is 0.314 e. The fourth-order valence-corrected chi connectivity index (χ4v) is 2.41. The molecule has 26 heavy (non-hydrogen) atoms. The van der Waals surface area contributed by atoms with Gasteiger partial charge in [-0.3, -0.25) is 9.59 Å². The maximum absolute atomic E-state index is 12.1. The van der Waals surface area contributed by atoms with Crippen LogP contribution in [0, 0.1) is 6.92 Å². The predicted octanol–water partition coefficient (Wildman–Crippen LogP) is 4.32. The number of benzene rings is 3. The number of carbonyl (C=O) groups is 2. The van der Waals surface area contributed by atoms with E-state index in [1.165, 1.54) is 0 Å². The number of hydrogen-bond donors (Lipinski definition) is 3. The summed E-state index contributed by atoms with van der Waals surface area (Å²) in [5, 5.41) is 8.46. The molecule has 5 nitrogen and oxygen atoms in total. The Hall–Kier alpha value is -3.60. The van der Waals surface area contributed by atoms with E-state index >= 15 is 0 Å². The minimum absolute atomic E-state index is 0.550. The van der Waals surface area contributed by atoms with Crippen molar-refractivity contribution in [1.82, 2.24) is 0 Å². The Labute approximate surface area is 152 Å². The van der Waals surface area contributed by atoms with Crippen molar-refractivity contribution in [1.29, 1.82) is 0 Å². The van der Waals surface area contributed by atoms with Gasteiger partial charge in [-0.25, -0.2) is 0 Å². The van der Waals surface area contributed by atoms with E-state index in [-0.39, 0.29) is 0 Å². The van der Waals surface area contributed by atoms with Gasteiger partial charge in [0.1, 0.15) is 0 Å². The van der Waals surface area contributed by atoms with Gasteiger partial charge in [0, 0.05) is 22.7 Å². The van der Waals surface area contributed by atoms with Crippen LogP contribution < -0.4 is 16.0 Å². The van der Waals surface area contributed by atoms with Gasteiger partial charge in [0.05, 0.1) is 0 Å². The van der Waals surface area contributed by atoms with Gasteiger partial charge in [0.25, 0.3) is 0 Å². The van der Waals surface area contributed by atoms with Crippen molar-refractivity contribution >= 4 is 34.6 Å². The summed E-state index contributed by atoms with van der Waals surface area (Å²) in [4.78, 5) is 24.1. The highest BCUT2D eigenvalue weighted by Gasteiger charge is 2.14. The largest absolute Gasteiger partial charge is 0.356 e. The second-order valence-corrected chi connectivity index (χ2v) is 5.79. The molecule has 0 aliphatic carbocycles. The Bertz CT molecular complexity index is 906. The third-order valence-corrected chi connectivity index (χ3v) is 3.80. The molecule has 0 aliphatic rings. The molecule has 0 atom stereocenters. The summed E-state index contributed by atoms with van der Waals surface area (Å²) >= 11 is 0. The van der Waals surface area contributed by atoms with E-state index in [1.54, 1.807) is 24.3 Å². The molecular weight excluding hydrogens is 326 g/mol. The van der Waals surface area contributed by atoms with Crippen LogP contribution in [-0.4, -0.2) is 11.8 Å². The van der Waals surface area contributed by atoms with Gasteiger partial charge in [0.2, 0.25) is 0 Å². The highest BCUT2D eigenvalue weighted by atomic mass is 16.2. The summed E-state index contributed by atoms with van der Waals surface area (Å²) in [6.07, 6.45) is 0. The molecule has 0 aliphatic heterocycles. The van der Waals surface area contributed by atoms with Crippen LogP contribution in [0.5, 0.6) is 0 Å². The summed E-state index contributed by atoms with van der Waals surface area (Å²) in [6.45, 7) is 1.87. The second-order valence-electron chi connectivity index (χ2n) is 5.79. The first-order valence-corrected chi connectivity index (χ1v) is 8.22. The third-order valence-electron chi connectivity index (χ3n) is 3.80. The normalized spacial score (nSPS) is 10.0. The maximum Gasteiger partial charge on any atom is 0.314 e. The summed E-state index contributed by atoms with van der Waals surface area (Å²) in [6, 6.07) is 24.2. The number of carbonyl (C=O) groups excluding carboxylic acids is 2. The summed E-state index contributed by atoms with van der Waals surface area (Å²) < 4.78 is 0. The zero-order chi connectivity index (χ0) is 18.4. The van der Waals surface area contributed by atoms with Crippen molar-refractivity contribution in [3.8, 4) is 0 Å². The van der Waals surface area contributed by atoms with E-state index in [0.717, 1.165) is 16.9 Å². The Balaban J connectivity index is 1.59. The number of rotatable bonds is 4. The van der Waals surface area contributed by atoms with Crippen LogP contribution in [0.4, 0.5) is 22.7 Å². The Morgan fingerprint density at radius 3 is 1.85 bits per heavy atom. The number of amides is 2. The highest BCUT2D eigenvalue weighted by Crippen LogP contribution is 2.19. The van der Waals surface area contributed by atoms with Crippen LogP contribution in [0.1, 0.15) is 5.56 Å². The summed E-state index contributed by atoms with van der Waals surface area (Å²) in [7, 11) is 0. The number of nitrogens with one attached hydrogen (secondary N) is 3. The van der Waals surface area contributed by atoms with E-state index < -0.39 is 11.8 Å². The van der Waals surface area contributed by atoms with Gasteiger partial charge in [-0.2, -0.15) is 0 Å². The highest BCUT2D eigenvalue weighted by molar-refractivity contribution is 6.43. The second kappa shape index (κ2) is 7.98. The van der Waals surface area contributed by atoms with Gasteiger partial charge < -0.3 is 16.0 Å². The lowest BCUT2D eigenvalue weighted by atomic mass is 10.2. The van der Waals surface area contributed by atoms with E-state index in [0.29, 0.717) is 11.4 Å². The number of anilines is 4. The number of aryl methyl sites for hydroxylation is 1. The molecule has 3 N–H and O–H groups in total. The van der Waals surface area contributed by atoms with Gasteiger partial charge in [-0.1, -0.05) is 36.4 Å². The average molecular weight is 345 g/mol.